The topological polar surface area (TPSA) is 29.5 Å². The number of phenolic OH excluding ortho intramolecular Hbond substituents is 1. The lowest BCUT2D eigenvalue weighted by molar-refractivity contribution is 0.373. The summed E-state index contributed by atoms with van der Waals surface area (Å²) in [7, 11) is 1.54. The van der Waals surface area contributed by atoms with Crippen molar-refractivity contribution in [1.29, 1.82) is 0 Å². The molecular weight excluding hydrogens is 200 g/mol. The van der Waals surface area contributed by atoms with E-state index in [1.54, 1.807) is 19.2 Å². The molecule has 16 heavy (non-hydrogen) atoms. The maximum absolute atomic E-state index is 9.72. The number of hydrogen-bond donors (Lipinski definition) is 1. The van der Waals surface area contributed by atoms with Gasteiger partial charge >= 0.3 is 0 Å². The largest absolute Gasteiger partial charge is 0.504 e. The smallest absolute Gasteiger partial charge is 0.160 e. The molecular formula is C14H14O2. The Balaban J connectivity index is 2.50. The van der Waals surface area contributed by atoms with Crippen LogP contribution in [0.1, 0.15) is 5.56 Å². The second-order valence-electron chi connectivity index (χ2n) is 3.70. The first kappa shape index (κ1) is 10.6. The van der Waals surface area contributed by atoms with Crippen molar-refractivity contribution in [2.75, 3.05) is 7.11 Å². The van der Waals surface area contributed by atoms with Gasteiger partial charge in [0.2, 0.25) is 0 Å². The van der Waals surface area contributed by atoms with Gasteiger partial charge in [0, 0.05) is 0 Å². The molecule has 0 bridgehead atoms. The van der Waals surface area contributed by atoms with E-state index in [1.807, 2.05) is 24.3 Å². The van der Waals surface area contributed by atoms with Gasteiger partial charge in [0.15, 0.2) is 11.5 Å². The van der Waals surface area contributed by atoms with Gasteiger partial charge in [-0.15, -0.1) is 0 Å². The minimum Gasteiger partial charge on any atom is -0.504 e. The number of benzene rings is 2. The van der Waals surface area contributed by atoms with Crippen molar-refractivity contribution in [3.8, 4) is 22.6 Å². The van der Waals surface area contributed by atoms with E-state index in [0.29, 0.717) is 5.75 Å². The summed E-state index contributed by atoms with van der Waals surface area (Å²) in [6.45, 7) is 2.05. The van der Waals surface area contributed by atoms with Crippen LogP contribution in [0.3, 0.4) is 0 Å². The van der Waals surface area contributed by atoms with E-state index in [-0.39, 0.29) is 5.75 Å². The van der Waals surface area contributed by atoms with Crippen molar-refractivity contribution in [2.45, 2.75) is 6.92 Å². The van der Waals surface area contributed by atoms with Crippen LogP contribution in [0.15, 0.2) is 42.5 Å². The average molecular weight is 214 g/mol. The molecule has 0 heterocycles. The lowest BCUT2D eigenvalue weighted by Crippen LogP contribution is -1.86. The van der Waals surface area contributed by atoms with Gasteiger partial charge in [-0.05, 0) is 35.7 Å². The number of aryl methyl sites for hydroxylation is 1. The molecule has 0 fully saturated rings. The van der Waals surface area contributed by atoms with E-state index < -0.39 is 0 Å². The van der Waals surface area contributed by atoms with Crippen LogP contribution < -0.4 is 4.74 Å². The molecule has 0 aromatic heterocycles. The van der Waals surface area contributed by atoms with Crippen molar-refractivity contribution in [3.05, 3.63) is 48.0 Å². The summed E-state index contributed by atoms with van der Waals surface area (Å²) < 4.78 is 5.02. The highest BCUT2D eigenvalue weighted by molar-refractivity contribution is 5.69. The number of ether oxygens (including phenoxy) is 1. The molecule has 82 valence electrons. The molecule has 0 saturated carbocycles. The zero-order valence-corrected chi connectivity index (χ0v) is 9.40. The molecule has 0 atom stereocenters. The minimum absolute atomic E-state index is 0.170. The summed E-state index contributed by atoms with van der Waals surface area (Å²) in [5.74, 6) is 0.667. The number of methoxy groups -OCH3 is 1. The Morgan fingerprint density at radius 2 is 1.81 bits per heavy atom. The zero-order valence-electron chi connectivity index (χ0n) is 9.40. The summed E-state index contributed by atoms with van der Waals surface area (Å²) in [6, 6.07) is 13.5. The molecule has 2 aromatic carbocycles. The van der Waals surface area contributed by atoms with Crippen LogP contribution in [0, 0.1) is 6.92 Å². The van der Waals surface area contributed by atoms with E-state index in [1.165, 1.54) is 5.56 Å². The SMILES string of the molecule is COc1ccc(-c2ccccc2C)cc1O. The summed E-state index contributed by atoms with van der Waals surface area (Å²) in [6.07, 6.45) is 0. The maximum atomic E-state index is 9.72. The number of rotatable bonds is 2. The summed E-state index contributed by atoms with van der Waals surface area (Å²) in [4.78, 5) is 0. The highest BCUT2D eigenvalue weighted by atomic mass is 16.5. The molecule has 0 amide bonds. The Bertz CT molecular complexity index is 504. The minimum atomic E-state index is 0.170. The van der Waals surface area contributed by atoms with E-state index in [0.717, 1.165) is 11.1 Å². The molecule has 0 saturated heterocycles. The molecule has 0 aliphatic heterocycles. The molecule has 2 aromatic rings. The molecule has 0 unspecified atom stereocenters. The van der Waals surface area contributed by atoms with Crippen molar-refractivity contribution in [3.63, 3.8) is 0 Å². The Kier molecular flexibility index (Phi) is 2.82. The lowest BCUT2D eigenvalue weighted by Gasteiger charge is -2.08. The van der Waals surface area contributed by atoms with Gasteiger partial charge in [-0.3, -0.25) is 0 Å². The maximum Gasteiger partial charge on any atom is 0.160 e. The first-order valence-corrected chi connectivity index (χ1v) is 5.15. The van der Waals surface area contributed by atoms with E-state index >= 15 is 0 Å². The van der Waals surface area contributed by atoms with Crippen molar-refractivity contribution in [1.82, 2.24) is 0 Å². The molecule has 0 radical (unpaired) electrons. The monoisotopic (exact) mass is 214 g/mol. The lowest BCUT2D eigenvalue weighted by atomic mass is 10.0. The van der Waals surface area contributed by atoms with Gasteiger partial charge in [-0.2, -0.15) is 0 Å². The predicted octanol–water partition coefficient (Wildman–Crippen LogP) is 3.38. The molecule has 0 aliphatic carbocycles. The third kappa shape index (κ3) is 1.87. The molecule has 2 rings (SSSR count). The normalized spacial score (nSPS) is 10.1. The van der Waals surface area contributed by atoms with Crippen LogP contribution in [-0.4, -0.2) is 12.2 Å². The third-order valence-corrected chi connectivity index (χ3v) is 2.63. The first-order chi connectivity index (χ1) is 7.72. The standard InChI is InChI=1S/C14H14O2/c1-10-5-3-4-6-12(10)11-7-8-14(16-2)13(15)9-11/h3-9,15H,1-2H3. The fraction of sp³-hybridized carbons (Fsp3) is 0.143. The molecule has 2 nitrogen and oxygen atoms in total. The van der Waals surface area contributed by atoms with Gasteiger partial charge < -0.3 is 9.84 Å². The second-order valence-corrected chi connectivity index (χ2v) is 3.70. The molecule has 1 N–H and O–H groups in total. The van der Waals surface area contributed by atoms with Crippen LogP contribution >= 0.6 is 0 Å². The Morgan fingerprint density at radius 3 is 2.44 bits per heavy atom. The van der Waals surface area contributed by atoms with Crippen LogP contribution in [0.4, 0.5) is 0 Å². The fourth-order valence-corrected chi connectivity index (χ4v) is 1.75. The van der Waals surface area contributed by atoms with Crippen LogP contribution in [0.25, 0.3) is 11.1 Å². The Morgan fingerprint density at radius 1 is 1.06 bits per heavy atom. The van der Waals surface area contributed by atoms with Gasteiger partial charge in [0.1, 0.15) is 0 Å². The number of aromatic hydroxyl groups is 1. The highest BCUT2D eigenvalue weighted by Crippen LogP contribution is 2.32. The van der Waals surface area contributed by atoms with Crippen LogP contribution in [-0.2, 0) is 0 Å². The van der Waals surface area contributed by atoms with Crippen LogP contribution in [0.2, 0.25) is 0 Å². The molecule has 0 spiro atoms. The molecule has 2 heteroatoms. The van der Waals surface area contributed by atoms with E-state index in [2.05, 4.69) is 13.0 Å². The third-order valence-electron chi connectivity index (χ3n) is 2.63. The Labute approximate surface area is 95.1 Å². The molecule has 0 aliphatic rings. The van der Waals surface area contributed by atoms with Crippen molar-refractivity contribution in [2.24, 2.45) is 0 Å². The predicted molar refractivity (Wildman–Crippen MR) is 64.8 cm³/mol. The van der Waals surface area contributed by atoms with Gasteiger partial charge in [-0.25, -0.2) is 0 Å². The van der Waals surface area contributed by atoms with Crippen LogP contribution in [0.5, 0.6) is 11.5 Å². The summed E-state index contributed by atoms with van der Waals surface area (Å²) >= 11 is 0. The van der Waals surface area contributed by atoms with Gasteiger partial charge in [0.05, 0.1) is 7.11 Å². The summed E-state index contributed by atoms with van der Waals surface area (Å²) in [5, 5.41) is 9.72. The number of phenols is 1. The van der Waals surface area contributed by atoms with Gasteiger partial charge in [-0.1, -0.05) is 30.3 Å². The quantitative estimate of drug-likeness (QED) is 0.830. The van der Waals surface area contributed by atoms with Gasteiger partial charge in [0.25, 0.3) is 0 Å². The summed E-state index contributed by atoms with van der Waals surface area (Å²) in [5.41, 5.74) is 3.31. The second kappa shape index (κ2) is 4.27. The average Bonchev–Trinajstić information content (AvgIpc) is 2.29. The highest BCUT2D eigenvalue weighted by Gasteiger charge is 2.05. The Hall–Kier alpha value is -1.96. The zero-order chi connectivity index (χ0) is 11.5. The first-order valence-electron chi connectivity index (χ1n) is 5.15. The fourth-order valence-electron chi connectivity index (χ4n) is 1.75. The van der Waals surface area contributed by atoms with E-state index in [4.69, 9.17) is 4.74 Å². The van der Waals surface area contributed by atoms with Crippen molar-refractivity contribution < 1.29 is 9.84 Å². The van der Waals surface area contributed by atoms with Crippen molar-refractivity contribution >= 4 is 0 Å². The van der Waals surface area contributed by atoms with E-state index in [9.17, 15) is 5.11 Å². The number of hydrogen-bond acceptors (Lipinski definition) is 2.